The molecule has 0 aromatic carbocycles. The summed E-state index contributed by atoms with van der Waals surface area (Å²) in [6.45, 7) is -0.103. The summed E-state index contributed by atoms with van der Waals surface area (Å²) in [5, 5.41) is 29.4. The first-order valence-corrected chi connectivity index (χ1v) is 10.9. The first-order chi connectivity index (χ1) is 15.3. The van der Waals surface area contributed by atoms with Crippen molar-refractivity contribution in [3.63, 3.8) is 0 Å². The van der Waals surface area contributed by atoms with Crippen LogP contribution in [0.25, 0.3) is 0 Å². The molecule has 3 amide bonds. The molecule has 16 heteroatoms. The second kappa shape index (κ2) is 11.5. The van der Waals surface area contributed by atoms with Crippen molar-refractivity contribution in [2.75, 3.05) is 25.1 Å². The monoisotopic (exact) mass is 504 g/mol. The number of thiazole rings is 1. The number of alkyl carbamates (subject to hydrolysis) is 1. The van der Waals surface area contributed by atoms with Gasteiger partial charge in [0.15, 0.2) is 10.8 Å². The number of ether oxygens (including phenoxy) is 1. The minimum absolute atomic E-state index is 0. The number of carboxylic acids is 1. The molecule has 33 heavy (non-hydrogen) atoms. The molecule has 1 unspecified atom stereocenters. The van der Waals surface area contributed by atoms with E-state index >= 15 is 0 Å². The zero-order valence-corrected chi connectivity index (χ0v) is 21.1. The number of nitrogen functional groups attached to an aromatic ring is 1. The number of rotatable bonds is 7. The van der Waals surface area contributed by atoms with Gasteiger partial charge in [-0.1, -0.05) is 11.2 Å². The Hall–Kier alpha value is -2.59. The predicted octanol–water partition coefficient (Wildman–Crippen LogP) is -4.78. The van der Waals surface area contributed by atoms with E-state index in [1.54, 1.807) is 0 Å². The molecule has 0 spiro atoms. The van der Waals surface area contributed by atoms with Crippen molar-refractivity contribution in [2.24, 2.45) is 5.16 Å². The van der Waals surface area contributed by atoms with E-state index in [0.29, 0.717) is 5.57 Å². The third kappa shape index (κ3) is 5.67. The average molecular weight is 504 g/mol. The maximum Gasteiger partial charge on any atom is 1.00 e. The Balaban J connectivity index is 0.00000385. The van der Waals surface area contributed by atoms with Gasteiger partial charge in [-0.05, 0) is 11.6 Å². The van der Waals surface area contributed by atoms with E-state index in [2.05, 4.69) is 20.8 Å². The molecule has 1 saturated heterocycles. The molecule has 5 N–H and O–H groups in total. The van der Waals surface area contributed by atoms with Crippen molar-refractivity contribution in [2.45, 2.75) is 11.4 Å². The van der Waals surface area contributed by atoms with Crippen LogP contribution in [0.2, 0.25) is 0 Å². The van der Waals surface area contributed by atoms with Gasteiger partial charge in [-0.2, -0.15) is 0 Å². The fourth-order valence-corrected chi connectivity index (χ4v) is 4.83. The van der Waals surface area contributed by atoms with Gasteiger partial charge in [-0.3, -0.25) is 14.5 Å². The van der Waals surface area contributed by atoms with Gasteiger partial charge in [0.25, 0.3) is 11.8 Å². The number of β-lactam (4-membered cyclic amide) rings is 1. The van der Waals surface area contributed by atoms with Crippen LogP contribution in [-0.4, -0.2) is 75.5 Å². The van der Waals surface area contributed by atoms with E-state index in [1.807, 2.05) is 0 Å². The molecule has 1 aromatic rings. The van der Waals surface area contributed by atoms with Crippen molar-refractivity contribution < 1.29 is 63.8 Å². The number of allylic oxidation sites excluding steroid dienone is 1. The van der Waals surface area contributed by atoms with Crippen molar-refractivity contribution in [3.05, 3.63) is 34.5 Å². The molecule has 2 aliphatic heterocycles. The summed E-state index contributed by atoms with van der Waals surface area (Å²) >= 11 is 2.26. The van der Waals surface area contributed by atoms with Crippen LogP contribution in [0.5, 0.6) is 0 Å². The standard InChI is InChI=1S/C17H18N6O7S2.Na/c1-19-17(28)30-4-2-3-7-5-31-14-10(13(25)23(14)11(7)15(26)27)21-12(24)9(22-29)8-6-32-16(18)20-8;/h2-3,6,10,14,29H,4-5H2,1H3,(H2,18,20)(H,19,28)(H,21,24)(H,26,27);/q;+1/p-1/b3-2-,22-9-;/t10?,14-;/m1./s1. The molecule has 1 fully saturated rings. The number of thioether (sulfide) groups is 1. The van der Waals surface area contributed by atoms with Crippen LogP contribution in [0.4, 0.5) is 9.93 Å². The zero-order valence-electron chi connectivity index (χ0n) is 17.4. The second-order valence-corrected chi connectivity index (χ2v) is 8.29. The van der Waals surface area contributed by atoms with Crippen molar-refractivity contribution in [1.29, 1.82) is 0 Å². The van der Waals surface area contributed by atoms with Gasteiger partial charge in [0.1, 0.15) is 23.7 Å². The molecule has 0 saturated carbocycles. The number of hydrogen-bond acceptors (Lipinski definition) is 12. The van der Waals surface area contributed by atoms with Crippen LogP contribution in [0, 0.1) is 0 Å². The number of nitrogens with one attached hydrogen (secondary N) is 2. The third-order valence-corrected chi connectivity index (χ3v) is 6.37. The SMILES string of the molecule is CNC(=O)OC/C=C\C1=C(C(=O)[O-])N2C(=O)C(NC(=O)/C(=N\O)c3csc(N)n3)[C@H]2SC1.[Na+]. The summed E-state index contributed by atoms with van der Waals surface area (Å²) in [6.07, 6.45) is 2.21. The molecule has 0 radical (unpaired) electrons. The van der Waals surface area contributed by atoms with E-state index < -0.39 is 41.0 Å². The molecule has 3 rings (SSSR count). The number of carbonyl (C=O) groups excluding carboxylic acids is 4. The summed E-state index contributed by atoms with van der Waals surface area (Å²) in [5.74, 6) is -2.90. The summed E-state index contributed by atoms with van der Waals surface area (Å²) in [5.41, 5.74) is 5.08. The van der Waals surface area contributed by atoms with Crippen LogP contribution in [0.1, 0.15) is 5.69 Å². The normalized spacial score (nSPS) is 20.0. The fourth-order valence-electron chi connectivity index (χ4n) is 2.97. The van der Waals surface area contributed by atoms with Crippen LogP contribution < -0.4 is 51.0 Å². The first-order valence-electron chi connectivity index (χ1n) is 8.93. The maximum atomic E-state index is 12.6. The molecule has 2 aliphatic rings. The molecule has 1 aromatic heterocycles. The number of carboxylic acid groups (broad SMARTS) is 1. The molecule has 3 heterocycles. The van der Waals surface area contributed by atoms with Crippen molar-refractivity contribution >= 4 is 57.8 Å². The van der Waals surface area contributed by atoms with E-state index in [9.17, 15) is 29.5 Å². The van der Waals surface area contributed by atoms with E-state index in [4.69, 9.17) is 10.5 Å². The Morgan fingerprint density at radius 2 is 2.21 bits per heavy atom. The summed E-state index contributed by atoms with van der Waals surface area (Å²) in [4.78, 5) is 52.8. The number of fused-ring (bicyclic) bond motifs is 1. The van der Waals surface area contributed by atoms with Crippen LogP contribution in [0.3, 0.4) is 0 Å². The predicted molar refractivity (Wildman–Crippen MR) is 111 cm³/mol. The molecular formula is C17H17N6NaO7S2. The molecule has 0 bridgehead atoms. The van der Waals surface area contributed by atoms with Gasteiger partial charge in [-0.25, -0.2) is 9.78 Å². The number of nitrogens with two attached hydrogens (primary N) is 1. The fraction of sp³-hybridized carbons (Fsp3) is 0.294. The zero-order chi connectivity index (χ0) is 23.4. The smallest absolute Gasteiger partial charge is 0.543 e. The van der Waals surface area contributed by atoms with Gasteiger partial charge in [0, 0.05) is 18.2 Å². The van der Waals surface area contributed by atoms with Crippen molar-refractivity contribution in [3.8, 4) is 0 Å². The minimum Gasteiger partial charge on any atom is -0.543 e. The number of carbonyl (C=O) groups is 4. The first kappa shape index (κ1) is 26.7. The molecule has 2 atom stereocenters. The van der Waals surface area contributed by atoms with E-state index in [1.165, 1.54) is 36.3 Å². The Morgan fingerprint density at radius 1 is 1.48 bits per heavy atom. The number of amides is 3. The van der Waals surface area contributed by atoms with E-state index in [0.717, 1.165) is 16.2 Å². The Bertz CT molecular complexity index is 1060. The summed E-state index contributed by atoms with van der Waals surface area (Å²) < 4.78 is 4.79. The number of oxime groups is 1. The van der Waals surface area contributed by atoms with Gasteiger partial charge in [0.2, 0.25) is 0 Å². The number of aromatic nitrogens is 1. The molecule has 170 valence electrons. The van der Waals surface area contributed by atoms with Gasteiger partial charge >= 0.3 is 35.7 Å². The van der Waals surface area contributed by atoms with Crippen LogP contribution in [-0.2, 0) is 19.1 Å². The Labute approximate surface area is 217 Å². The average Bonchev–Trinajstić information content (AvgIpc) is 3.20. The number of nitrogens with zero attached hydrogens (tertiary/aromatic N) is 3. The molecular weight excluding hydrogens is 487 g/mol. The molecule has 0 aliphatic carbocycles. The van der Waals surface area contributed by atoms with Gasteiger partial charge < -0.3 is 36.2 Å². The number of hydrogen-bond donors (Lipinski definition) is 4. The molecule has 13 nitrogen and oxygen atoms in total. The van der Waals surface area contributed by atoms with Crippen LogP contribution >= 0.6 is 23.1 Å². The third-order valence-electron chi connectivity index (χ3n) is 4.39. The largest absolute Gasteiger partial charge is 1.00 e. The van der Waals surface area contributed by atoms with Crippen molar-refractivity contribution in [1.82, 2.24) is 20.5 Å². The van der Waals surface area contributed by atoms with Gasteiger partial charge in [0.05, 0.1) is 11.7 Å². The van der Waals surface area contributed by atoms with E-state index in [-0.39, 0.29) is 58.4 Å². The number of aliphatic carboxylic acids is 1. The summed E-state index contributed by atoms with van der Waals surface area (Å²) in [6, 6.07) is -1.04. The Kier molecular flexibility index (Phi) is 9.30. The Morgan fingerprint density at radius 3 is 2.79 bits per heavy atom. The minimum atomic E-state index is -1.56. The van der Waals surface area contributed by atoms with Gasteiger partial charge in [-0.15, -0.1) is 23.1 Å². The summed E-state index contributed by atoms with van der Waals surface area (Å²) in [7, 11) is 1.40. The topological polar surface area (TPSA) is 199 Å². The number of anilines is 1. The quantitative estimate of drug-likeness (QED) is 0.0919. The van der Waals surface area contributed by atoms with Crippen LogP contribution in [0.15, 0.2) is 34.0 Å². The second-order valence-electron chi connectivity index (χ2n) is 6.29. The maximum absolute atomic E-state index is 12.6.